The normalized spacial score (nSPS) is 12.7. The molecule has 110 valence electrons. The number of hydrogen-bond donors (Lipinski definition) is 1. The first-order valence-electron chi connectivity index (χ1n) is 6.09. The Hall–Kier alpha value is -1.26. The minimum atomic E-state index is -0.770. The summed E-state index contributed by atoms with van der Waals surface area (Å²) in [7, 11) is 0. The lowest BCUT2D eigenvalue weighted by molar-refractivity contribution is -0.156. The summed E-state index contributed by atoms with van der Waals surface area (Å²) < 4.78 is 5.18. The summed E-state index contributed by atoms with van der Waals surface area (Å²) >= 11 is 11.7. The van der Waals surface area contributed by atoms with Crippen LogP contribution < -0.4 is 5.32 Å². The molecule has 0 unspecified atom stereocenters. The molecule has 0 fully saturated rings. The summed E-state index contributed by atoms with van der Waals surface area (Å²) in [6.45, 7) is 6.83. The number of amides is 1. The lowest BCUT2D eigenvalue weighted by Crippen LogP contribution is -2.42. The maximum Gasteiger partial charge on any atom is 0.328 e. The van der Waals surface area contributed by atoms with E-state index < -0.39 is 23.5 Å². The van der Waals surface area contributed by atoms with Gasteiger partial charge in [-0.25, -0.2) is 4.79 Å². The number of carbonyl (C=O) groups is 2. The Morgan fingerprint density at radius 2 is 1.85 bits per heavy atom. The van der Waals surface area contributed by atoms with Crippen molar-refractivity contribution in [3.05, 3.63) is 33.8 Å². The topological polar surface area (TPSA) is 55.4 Å². The smallest absolute Gasteiger partial charge is 0.328 e. The summed E-state index contributed by atoms with van der Waals surface area (Å²) in [6, 6.07) is 3.76. The van der Waals surface area contributed by atoms with Crippen LogP contribution in [0.4, 0.5) is 0 Å². The zero-order valence-corrected chi connectivity index (χ0v) is 13.3. The van der Waals surface area contributed by atoms with Crippen LogP contribution in [-0.4, -0.2) is 23.5 Å². The molecular formula is C14H17Cl2NO3. The molecule has 0 saturated carbocycles. The highest BCUT2D eigenvalue weighted by atomic mass is 35.5. The Labute approximate surface area is 128 Å². The minimum Gasteiger partial charge on any atom is -0.458 e. The fraction of sp³-hybridized carbons (Fsp3) is 0.429. The number of ether oxygens (including phenoxy) is 1. The Balaban J connectivity index is 2.73. The van der Waals surface area contributed by atoms with Gasteiger partial charge in [-0.2, -0.15) is 0 Å². The maximum absolute atomic E-state index is 12.0. The molecule has 0 radical (unpaired) electrons. The van der Waals surface area contributed by atoms with E-state index in [1.54, 1.807) is 33.8 Å². The summed E-state index contributed by atoms with van der Waals surface area (Å²) in [4.78, 5) is 23.8. The second-order valence-corrected chi connectivity index (χ2v) is 6.20. The van der Waals surface area contributed by atoms with Crippen molar-refractivity contribution in [1.29, 1.82) is 0 Å². The number of rotatable bonds is 3. The van der Waals surface area contributed by atoms with Gasteiger partial charge in [0.2, 0.25) is 0 Å². The molecule has 1 aromatic carbocycles. The second-order valence-electron chi connectivity index (χ2n) is 5.35. The van der Waals surface area contributed by atoms with Crippen molar-refractivity contribution in [2.45, 2.75) is 39.3 Å². The maximum atomic E-state index is 12.0. The third kappa shape index (κ3) is 5.02. The van der Waals surface area contributed by atoms with Gasteiger partial charge in [-0.15, -0.1) is 0 Å². The lowest BCUT2D eigenvalue weighted by Gasteiger charge is -2.22. The molecule has 0 bridgehead atoms. The fourth-order valence-corrected chi connectivity index (χ4v) is 1.89. The van der Waals surface area contributed by atoms with Crippen molar-refractivity contribution in [1.82, 2.24) is 5.32 Å². The molecule has 4 nitrogen and oxygen atoms in total. The summed E-state index contributed by atoms with van der Waals surface area (Å²) in [6.07, 6.45) is 0. The van der Waals surface area contributed by atoms with Gasteiger partial charge in [0, 0.05) is 5.02 Å². The van der Waals surface area contributed by atoms with Crippen LogP contribution in [0.15, 0.2) is 18.2 Å². The Kier molecular flexibility index (Phi) is 5.42. The Morgan fingerprint density at radius 1 is 1.25 bits per heavy atom. The molecule has 0 aliphatic rings. The average Bonchev–Trinajstić information content (AvgIpc) is 2.26. The van der Waals surface area contributed by atoms with Crippen molar-refractivity contribution < 1.29 is 14.3 Å². The molecule has 0 saturated heterocycles. The predicted molar refractivity (Wildman–Crippen MR) is 79.2 cm³/mol. The van der Waals surface area contributed by atoms with Crippen molar-refractivity contribution >= 4 is 35.1 Å². The molecule has 0 aromatic heterocycles. The average molecular weight is 318 g/mol. The van der Waals surface area contributed by atoms with Crippen molar-refractivity contribution in [3.63, 3.8) is 0 Å². The standard InChI is InChI=1S/C14H17Cl2NO3/c1-8(13(19)20-14(2,3)4)17-12(18)10-6-5-9(15)7-11(10)16/h5-8H,1-4H3,(H,17,18)/t8-/m0/s1. The molecular weight excluding hydrogens is 301 g/mol. The summed E-state index contributed by atoms with van der Waals surface area (Å²) in [5, 5.41) is 3.20. The largest absolute Gasteiger partial charge is 0.458 e. The van der Waals surface area contributed by atoms with Crippen LogP contribution >= 0.6 is 23.2 Å². The summed E-state index contributed by atoms with van der Waals surface area (Å²) in [5.74, 6) is -0.957. The number of halogens is 2. The van der Waals surface area contributed by atoms with Gasteiger partial charge in [0.25, 0.3) is 5.91 Å². The highest BCUT2D eigenvalue weighted by molar-refractivity contribution is 6.36. The van der Waals surface area contributed by atoms with E-state index in [1.807, 2.05) is 0 Å². The van der Waals surface area contributed by atoms with E-state index in [-0.39, 0.29) is 10.6 Å². The van der Waals surface area contributed by atoms with Gasteiger partial charge in [-0.3, -0.25) is 4.79 Å². The highest BCUT2D eigenvalue weighted by Gasteiger charge is 2.24. The SMILES string of the molecule is C[C@H](NC(=O)c1ccc(Cl)cc1Cl)C(=O)OC(C)(C)C. The molecule has 1 rings (SSSR count). The molecule has 0 aliphatic heterocycles. The molecule has 0 aliphatic carbocycles. The van der Waals surface area contributed by atoms with Crippen LogP contribution in [0, 0.1) is 0 Å². The molecule has 0 spiro atoms. The first kappa shape index (κ1) is 16.8. The zero-order chi connectivity index (χ0) is 15.5. The van der Waals surface area contributed by atoms with Crippen LogP contribution in [-0.2, 0) is 9.53 Å². The van der Waals surface area contributed by atoms with Gasteiger partial charge in [0.1, 0.15) is 11.6 Å². The monoisotopic (exact) mass is 317 g/mol. The van der Waals surface area contributed by atoms with Crippen LogP contribution in [0.5, 0.6) is 0 Å². The van der Waals surface area contributed by atoms with E-state index in [2.05, 4.69) is 5.32 Å². The predicted octanol–water partition coefficient (Wildman–Crippen LogP) is 3.45. The van der Waals surface area contributed by atoms with Gasteiger partial charge in [-0.05, 0) is 45.9 Å². The van der Waals surface area contributed by atoms with E-state index in [0.29, 0.717) is 5.02 Å². The third-order valence-electron chi connectivity index (χ3n) is 2.28. The number of carbonyl (C=O) groups excluding carboxylic acids is 2. The molecule has 1 amide bonds. The Morgan fingerprint density at radius 3 is 2.35 bits per heavy atom. The van der Waals surface area contributed by atoms with E-state index in [9.17, 15) is 9.59 Å². The number of benzene rings is 1. The fourth-order valence-electron chi connectivity index (χ4n) is 1.40. The van der Waals surface area contributed by atoms with E-state index in [4.69, 9.17) is 27.9 Å². The lowest BCUT2D eigenvalue weighted by atomic mass is 10.2. The highest BCUT2D eigenvalue weighted by Crippen LogP contribution is 2.21. The summed E-state index contributed by atoms with van der Waals surface area (Å²) in [5.41, 5.74) is -0.347. The van der Waals surface area contributed by atoms with Crippen LogP contribution in [0.25, 0.3) is 0 Å². The van der Waals surface area contributed by atoms with Gasteiger partial charge in [-0.1, -0.05) is 23.2 Å². The third-order valence-corrected chi connectivity index (χ3v) is 2.83. The molecule has 0 heterocycles. The van der Waals surface area contributed by atoms with Crippen molar-refractivity contribution in [2.24, 2.45) is 0 Å². The Bertz CT molecular complexity index is 524. The van der Waals surface area contributed by atoms with Gasteiger partial charge >= 0.3 is 5.97 Å². The van der Waals surface area contributed by atoms with E-state index >= 15 is 0 Å². The van der Waals surface area contributed by atoms with Crippen molar-refractivity contribution in [3.8, 4) is 0 Å². The second kappa shape index (κ2) is 6.46. The van der Waals surface area contributed by atoms with Crippen LogP contribution in [0.3, 0.4) is 0 Å². The van der Waals surface area contributed by atoms with Gasteiger partial charge in [0.15, 0.2) is 0 Å². The van der Waals surface area contributed by atoms with Gasteiger partial charge in [0.05, 0.1) is 10.6 Å². The first-order valence-corrected chi connectivity index (χ1v) is 6.84. The van der Waals surface area contributed by atoms with Crippen LogP contribution in [0.1, 0.15) is 38.1 Å². The van der Waals surface area contributed by atoms with Crippen molar-refractivity contribution in [2.75, 3.05) is 0 Å². The zero-order valence-electron chi connectivity index (χ0n) is 11.8. The number of nitrogens with one attached hydrogen (secondary N) is 1. The van der Waals surface area contributed by atoms with E-state index in [1.165, 1.54) is 12.1 Å². The van der Waals surface area contributed by atoms with Crippen LogP contribution in [0.2, 0.25) is 10.0 Å². The molecule has 20 heavy (non-hydrogen) atoms. The van der Waals surface area contributed by atoms with Gasteiger partial charge < -0.3 is 10.1 Å². The molecule has 1 aromatic rings. The molecule has 1 atom stereocenters. The quantitative estimate of drug-likeness (QED) is 0.869. The number of esters is 1. The first-order chi connectivity index (χ1) is 9.10. The van der Waals surface area contributed by atoms with E-state index in [0.717, 1.165) is 0 Å². The molecule has 1 N–H and O–H groups in total. The number of hydrogen-bond acceptors (Lipinski definition) is 3. The minimum absolute atomic E-state index is 0.228. The molecule has 6 heteroatoms.